The predicted octanol–water partition coefficient (Wildman–Crippen LogP) is 4.13. The molecule has 0 atom stereocenters. The molecule has 35 heavy (non-hydrogen) atoms. The lowest BCUT2D eigenvalue weighted by atomic mass is 9.99. The molecule has 0 aliphatic carbocycles. The van der Waals surface area contributed by atoms with Crippen LogP contribution < -0.4 is 0 Å². The van der Waals surface area contributed by atoms with E-state index in [0.29, 0.717) is 13.1 Å². The standard InChI is InChI=1S/C26H30N6O3/c1-16(33)31-10-9-22-21(14-31)24(28-30(22)6)20-15-32(25(34)35-26(2,3)4)23-11-17(7-8-19(20)23)18-12-27-29(5)13-18/h7-8,11-13,15H,9-10,14H2,1-6H3. The Labute approximate surface area is 203 Å². The van der Waals surface area contributed by atoms with Gasteiger partial charge in [-0.3, -0.25) is 18.7 Å². The van der Waals surface area contributed by atoms with Gasteiger partial charge in [-0.15, -0.1) is 0 Å². The molecular formula is C26H30N6O3. The summed E-state index contributed by atoms with van der Waals surface area (Å²) in [5, 5.41) is 10.0. The van der Waals surface area contributed by atoms with Crippen molar-refractivity contribution in [2.24, 2.45) is 14.1 Å². The lowest BCUT2D eigenvalue weighted by Crippen LogP contribution is -2.34. The first-order chi connectivity index (χ1) is 16.5. The Morgan fingerprint density at radius 3 is 2.51 bits per heavy atom. The molecule has 0 unspecified atom stereocenters. The molecule has 0 radical (unpaired) electrons. The molecule has 182 valence electrons. The number of carbonyl (C=O) groups is 2. The number of hydrogen-bond donors (Lipinski definition) is 0. The zero-order valence-corrected chi connectivity index (χ0v) is 21.0. The van der Waals surface area contributed by atoms with E-state index in [0.717, 1.165) is 51.0 Å². The van der Waals surface area contributed by atoms with E-state index in [-0.39, 0.29) is 5.91 Å². The van der Waals surface area contributed by atoms with Crippen molar-refractivity contribution >= 4 is 22.9 Å². The van der Waals surface area contributed by atoms with E-state index in [1.807, 2.05) is 68.8 Å². The van der Waals surface area contributed by atoms with Crippen molar-refractivity contribution in [3.8, 4) is 22.4 Å². The summed E-state index contributed by atoms with van der Waals surface area (Å²) in [6, 6.07) is 6.02. The minimum Gasteiger partial charge on any atom is -0.443 e. The highest BCUT2D eigenvalue weighted by molar-refractivity contribution is 6.02. The molecule has 1 aliphatic rings. The van der Waals surface area contributed by atoms with Crippen LogP contribution in [0.15, 0.2) is 36.8 Å². The molecule has 1 aromatic carbocycles. The Hall–Kier alpha value is -3.88. The van der Waals surface area contributed by atoms with Crippen LogP contribution in [0.4, 0.5) is 4.79 Å². The fourth-order valence-electron chi connectivity index (χ4n) is 4.71. The van der Waals surface area contributed by atoms with Crippen molar-refractivity contribution in [3.05, 3.63) is 48.0 Å². The summed E-state index contributed by atoms with van der Waals surface area (Å²) in [6.45, 7) is 8.32. The molecule has 3 aromatic heterocycles. The summed E-state index contributed by atoms with van der Waals surface area (Å²) in [4.78, 5) is 27.2. The van der Waals surface area contributed by atoms with Gasteiger partial charge < -0.3 is 9.64 Å². The third-order valence-electron chi connectivity index (χ3n) is 6.38. The van der Waals surface area contributed by atoms with Crippen molar-refractivity contribution in [1.29, 1.82) is 0 Å². The average molecular weight is 475 g/mol. The molecule has 4 heterocycles. The summed E-state index contributed by atoms with van der Waals surface area (Å²) in [7, 11) is 3.80. The largest absolute Gasteiger partial charge is 0.443 e. The Balaban J connectivity index is 1.70. The van der Waals surface area contributed by atoms with Gasteiger partial charge in [-0.2, -0.15) is 10.2 Å². The Morgan fingerprint density at radius 2 is 1.86 bits per heavy atom. The van der Waals surface area contributed by atoms with Gasteiger partial charge in [-0.1, -0.05) is 12.1 Å². The highest BCUT2D eigenvalue weighted by Gasteiger charge is 2.29. The number of fused-ring (bicyclic) bond motifs is 2. The minimum absolute atomic E-state index is 0.0442. The monoisotopic (exact) mass is 474 g/mol. The highest BCUT2D eigenvalue weighted by Crippen LogP contribution is 2.37. The number of ether oxygens (including phenoxy) is 1. The average Bonchev–Trinajstić information content (AvgIpc) is 3.47. The van der Waals surface area contributed by atoms with E-state index in [1.165, 1.54) is 0 Å². The topological polar surface area (TPSA) is 87.2 Å². The number of aromatic nitrogens is 5. The van der Waals surface area contributed by atoms with Crippen LogP contribution in [0.1, 0.15) is 39.0 Å². The molecular weight excluding hydrogens is 444 g/mol. The van der Waals surface area contributed by atoms with E-state index in [9.17, 15) is 9.59 Å². The zero-order valence-electron chi connectivity index (χ0n) is 21.0. The summed E-state index contributed by atoms with van der Waals surface area (Å²) in [5.74, 6) is 0.0442. The molecule has 0 N–H and O–H groups in total. The maximum absolute atomic E-state index is 13.3. The van der Waals surface area contributed by atoms with Gasteiger partial charge in [0.1, 0.15) is 5.60 Å². The minimum atomic E-state index is -0.638. The SMILES string of the molecule is CC(=O)N1CCc2c(c(-c3cn(C(=O)OC(C)(C)C)c4cc(-c5cnn(C)c5)ccc34)nn2C)C1. The second-order valence-electron chi connectivity index (χ2n) is 10.1. The van der Waals surface area contributed by atoms with Gasteiger partial charge in [-0.05, 0) is 32.4 Å². The van der Waals surface area contributed by atoms with Crippen LogP contribution >= 0.6 is 0 Å². The van der Waals surface area contributed by atoms with Crippen molar-refractivity contribution < 1.29 is 14.3 Å². The number of hydrogen-bond acceptors (Lipinski definition) is 5. The van der Waals surface area contributed by atoms with Gasteiger partial charge in [0.2, 0.25) is 5.91 Å². The van der Waals surface area contributed by atoms with Crippen LogP contribution in [0.25, 0.3) is 33.3 Å². The van der Waals surface area contributed by atoms with Gasteiger partial charge in [0.15, 0.2) is 0 Å². The van der Waals surface area contributed by atoms with Crippen LogP contribution in [-0.2, 0) is 36.6 Å². The molecule has 4 aromatic rings. The van der Waals surface area contributed by atoms with E-state index in [2.05, 4.69) is 5.10 Å². The molecule has 1 aliphatic heterocycles. The zero-order chi connectivity index (χ0) is 25.1. The third-order valence-corrected chi connectivity index (χ3v) is 6.38. The van der Waals surface area contributed by atoms with Crippen LogP contribution in [0.5, 0.6) is 0 Å². The number of amides is 1. The van der Waals surface area contributed by atoms with Gasteiger partial charge >= 0.3 is 6.09 Å². The first-order valence-electron chi connectivity index (χ1n) is 11.7. The van der Waals surface area contributed by atoms with Crippen molar-refractivity contribution in [2.75, 3.05) is 6.54 Å². The highest BCUT2D eigenvalue weighted by atomic mass is 16.6. The fraction of sp³-hybridized carbons (Fsp3) is 0.385. The summed E-state index contributed by atoms with van der Waals surface area (Å²) in [6.07, 6.45) is 5.84. The molecule has 0 saturated carbocycles. The Morgan fingerprint density at radius 1 is 1.09 bits per heavy atom. The van der Waals surface area contributed by atoms with Gasteiger partial charge in [0.05, 0.1) is 17.4 Å². The number of rotatable bonds is 2. The number of carbonyl (C=O) groups excluding carboxylic acids is 2. The Kier molecular flexibility index (Phi) is 5.30. The summed E-state index contributed by atoms with van der Waals surface area (Å²) >= 11 is 0. The first-order valence-corrected chi connectivity index (χ1v) is 11.7. The normalized spacial score (nSPS) is 13.8. The molecule has 1 amide bonds. The smallest absolute Gasteiger partial charge is 0.419 e. The molecule has 0 bridgehead atoms. The van der Waals surface area contributed by atoms with Crippen LogP contribution in [0.3, 0.4) is 0 Å². The lowest BCUT2D eigenvalue weighted by Gasteiger charge is -2.26. The predicted molar refractivity (Wildman–Crippen MR) is 133 cm³/mol. The molecule has 0 saturated heterocycles. The number of aryl methyl sites for hydroxylation is 2. The maximum atomic E-state index is 13.3. The van der Waals surface area contributed by atoms with E-state index in [1.54, 1.807) is 28.6 Å². The van der Waals surface area contributed by atoms with E-state index >= 15 is 0 Å². The molecule has 0 spiro atoms. The number of benzene rings is 1. The Bertz CT molecular complexity index is 1470. The summed E-state index contributed by atoms with van der Waals surface area (Å²) in [5.41, 5.74) is 5.76. The second kappa shape index (κ2) is 8.11. The summed E-state index contributed by atoms with van der Waals surface area (Å²) < 4.78 is 10.9. The number of nitrogens with zero attached hydrogens (tertiary/aromatic N) is 6. The first kappa shape index (κ1) is 22.9. The molecule has 9 nitrogen and oxygen atoms in total. The van der Waals surface area contributed by atoms with Crippen LogP contribution in [0.2, 0.25) is 0 Å². The van der Waals surface area contributed by atoms with Gasteiger partial charge in [0, 0.05) is 80.7 Å². The van der Waals surface area contributed by atoms with Gasteiger partial charge in [-0.25, -0.2) is 4.79 Å². The quantitative estimate of drug-likeness (QED) is 0.436. The van der Waals surface area contributed by atoms with Crippen LogP contribution in [-0.4, -0.2) is 53.2 Å². The third kappa shape index (κ3) is 4.11. The van der Waals surface area contributed by atoms with Crippen molar-refractivity contribution in [3.63, 3.8) is 0 Å². The van der Waals surface area contributed by atoms with Gasteiger partial charge in [0.25, 0.3) is 0 Å². The maximum Gasteiger partial charge on any atom is 0.419 e. The molecule has 5 rings (SSSR count). The van der Waals surface area contributed by atoms with E-state index < -0.39 is 11.7 Å². The lowest BCUT2D eigenvalue weighted by molar-refractivity contribution is -0.129. The fourth-order valence-corrected chi connectivity index (χ4v) is 4.71. The molecule has 9 heteroatoms. The second-order valence-corrected chi connectivity index (χ2v) is 10.1. The van der Waals surface area contributed by atoms with Crippen molar-refractivity contribution in [2.45, 2.75) is 46.3 Å². The van der Waals surface area contributed by atoms with Crippen LogP contribution in [0, 0.1) is 0 Å². The molecule has 0 fully saturated rings. The van der Waals surface area contributed by atoms with Crippen molar-refractivity contribution in [1.82, 2.24) is 29.0 Å². The van der Waals surface area contributed by atoms with E-state index in [4.69, 9.17) is 9.84 Å².